The molecule has 31 heavy (non-hydrogen) atoms. The molecule has 1 heterocycles. The molecule has 1 atom stereocenters. The van der Waals surface area contributed by atoms with E-state index in [0.29, 0.717) is 17.9 Å². The lowest BCUT2D eigenvalue weighted by Crippen LogP contribution is -2.43. The fraction of sp³-hybridized carbons (Fsp3) is 0.591. The van der Waals surface area contributed by atoms with Crippen LogP contribution in [0.1, 0.15) is 56.8 Å². The van der Waals surface area contributed by atoms with E-state index in [0.717, 1.165) is 38.9 Å². The molecule has 2 N–H and O–H groups in total. The van der Waals surface area contributed by atoms with E-state index < -0.39 is 53.8 Å². The fourth-order valence-corrected chi connectivity index (χ4v) is 3.62. The number of benzene rings is 1. The number of aliphatic carboxylic acids is 1. The molecule has 0 amide bonds. The van der Waals surface area contributed by atoms with Gasteiger partial charge in [-0.15, -0.1) is 18.3 Å². The van der Waals surface area contributed by atoms with Crippen LogP contribution in [0, 0.1) is 11.8 Å². The summed E-state index contributed by atoms with van der Waals surface area (Å²) in [5.41, 5.74) is -3.81. The zero-order valence-corrected chi connectivity index (χ0v) is 18.5. The minimum atomic E-state index is -5.56. The van der Waals surface area contributed by atoms with Gasteiger partial charge in [-0.25, -0.2) is 13.1 Å². The van der Waals surface area contributed by atoms with Gasteiger partial charge < -0.3 is 9.84 Å². The number of sulfonamides is 1. The number of nitrogens with one attached hydrogen (secondary N) is 1. The number of carbonyl (C=O) groups is 1. The van der Waals surface area contributed by atoms with Crippen molar-refractivity contribution in [2.45, 2.75) is 51.3 Å². The van der Waals surface area contributed by atoms with Gasteiger partial charge in [-0.3, -0.25) is 9.69 Å². The summed E-state index contributed by atoms with van der Waals surface area (Å²) in [5, 5.41) is 9.53. The summed E-state index contributed by atoms with van der Waals surface area (Å²) >= 11 is 0. The van der Waals surface area contributed by atoms with E-state index >= 15 is 0 Å². The van der Waals surface area contributed by atoms with E-state index in [4.69, 9.17) is 17.1 Å². The molecule has 0 aliphatic carbocycles. The van der Waals surface area contributed by atoms with Crippen molar-refractivity contribution in [1.82, 2.24) is 9.62 Å². The lowest BCUT2D eigenvalue weighted by molar-refractivity contribution is -0.138. The maximum atomic E-state index is 12.7. The molecule has 0 saturated heterocycles. The summed E-state index contributed by atoms with van der Waals surface area (Å²) in [5.74, 6) is 4.92. The van der Waals surface area contributed by atoms with Gasteiger partial charge in [-0.1, -0.05) is 31.3 Å². The Bertz CT molecular complexity index is 1170. The van der Waals surface area contributed by atoms with Crippen LogP contribution in [0.25, 0.3) is 0 Å². The van der Waals surface area contributed by atoms with Crippen LogP contribution in [0.5, 0.6) is 5.75 Å². The number of nitrogens with zero attached hydrogens (tertiary/aromatic N) is 1. The second-order valence-corrected chi connectivity index (χ2v) is 8.09. The smallest absolute Gasteiger partial charge is 0.322 e. The predicted octanol–water partition coefficient (Wildman–Crippen LogP) is 2.69. The monoisotopic (exact) mass is 481 g/mol. The first kappa shape index (κ1) is 15.9. The van der Waals surface area contributed by atoms with E-state index in [1.165, 1.54) is 12.1 Å². The van der Waals surface area contributed by atoms with Crippen molar-refractivity contribution < 1.29 is 35.4 Å². The standard InChI is InChI=1S/C22H32N2O5S.ClH/c1-2-3-17-30(27,28)23-21(22(25)26)18-19-9-11-20(12-10-19)29-16-8-7-15-24-13-5-4-6-14-24;/h9-12,21,23H,2-3,5,7-8,13-18H2,1H3,(H,25,26);1H/t21-;/m0./s1/i1D3,2D2,3D2,17D2;. The van der Waals surface area contributed by atoms with Gasteiger partial charge >= 0.3 is 5.97 Å². The number of carboxylic acid groups (broad SMARTS) is 1. The Morgan fingerprint density at radius 3 is 2.77 bits per heavy atom. The third-order valence-electron chi connectivity index (χ3n) is 4.32. The highest BCUT2D eigenvalue weighted by Crippen LogP contribution is 2.15. The highest BCUT2D eigenvalue weighted by Gasteiger charge is 2.24. The van der Waals surface area contributed by atoms with Crippen LogP contribution in [0.2, 0.25) is 0 Å². The Kier molecular flexibility index (Phi) is 7.35. The van der Waals surface area contributed by atoms with Gasteiger partial charge in [0.25, 0.3) is 0 Å². The fourth-order valence-electron chi connectivity index (χ4n) is 2.81. The summed E-state index contributed by atoms with van der Waals surface area (Å²) in [7, 11) is -5.56. The van der Waals surface area contributed by atoms with E-state index in [1.807, 2.05) is 0 Å². The normalized spacial score (nSPS) is 20.8. The molecule has 1 aromatic carbocycles. The molecular weight excluding hydrogens is 440 g/mol. The number of hydrogen-bond donors (Lipinski definition) is 2. The predicted molar refractivity (Wildman–Crippen MR) is 124 cm³/mol. The van der Waals surface area contributed by atoms with Gasteiger partial charge in [0.15, 0.2) is 0 Å². The van der Waals surface area contributed by atoms with Crippen molar-refractivity contribution in [2.24, 2.45) is 0 Å². The van der Waals surface area contributed by atoms with Gasteiger partial charge in [-0.05, 0) is 49.9 Å². The van der Waals surface area contributed by atoms with Crippen molar-refractivity contribution in [3.8, 4) is 17.6 Å². The Morgan fingerprint density at radius 1 is 1.35 bits per heavy atom. The van der Waals surface area contributed by atoms with E-state index in [9.17, 15) is 18.3 Å². The molecule has 0 saturated carbocycles. The van der Waals surface area contributed by atoms with E-state index in [1.54, 1.807) is 16.9 Å². The molecule has 9 heteroatoms. The second-order valence-electron chi connectivity index (χ2n) is 6.65. The number of rotatable bonds is 14. The molecule has 2 rings (SSSR count). The van der Waals surface area contributed by atoms with Crippen molar-refractivity contribution in [1.29, 1.82) is 0 Å². The van der Waals surface area contributed by atoms with Gasteiger partial charge in [-0.2, -0.15) is 0 Å². The summed E-state index contributed by atoms with van der Waals surface area (Å²) < 4.78 is 100. The van der Waals surface area contributed by atoms with E-state index in [2.05, 4.69) is 16.7 Å². The lowest BCUT2D eigenvalue weighted by Gasteiger charge is -2.20. The molecule has 1 aliphatic rings. The molecule has 174 valence electrons. The molecule has 1 aliphatic heterocycles. The second kappa shape index (κ2) is 14.3. The van der Waals surface area contributed by atoms with Crippen LogP contribution in [0.4, 0.5) is 0 Å². The largest absolute Gasteiger partial charge is 0.494 e. The molecule has 0 unspecified atom stereocenters. The first-order chi connectivity index (χ1) is 17.8. The Labute approximate surface area is 204 Å². The van der Waals surface area contributed by atoms with E-state index in [-0.39, 0.29) is 12.4 Å². The Balaban J connectivity index is 0.00000800. The summed E-state index contributed by atoms with van der Waals surface area (Å²) in [6, 6.07) is 4.16. The van der Waals surface area contributed by atoms with Gasteiger partial charge in [0.2, 0.25) is 10.0 Å². The minimum Gasteiger partial charge on any atom is -0.494 e. The minimum absolute atomic E-state index is 0. The lowest BCUT2D eigenvalue weighted by atomic mass is 10.1. The molecular formula is C22H33ClN2O5S. The first-order valence-electron chi connectivity index (χ1n) is 14.0. The van der Waals surface area contributed by atoms with Crippen molar-refractivity contribution >= 4 is 28.4 Å². The summed E-state index contributed by atoms with van der Waals surface area (Å²) in [6.45, 7) is -0.609. The SMILES string of the molecule is Cl.[2H]C([2H])([2H])C([2H])([2H])C([2H])([2H])C([2H])([2H])S(=O)(=O)N[C@@H](Cc1ccc(OCCCCN2CC#CCC2)cc1)C(=O)O. The highest BCUT2D eigenvalue weighted by molar-refractivity contribution is 7.89. The maximum Gasteiger partial charge on any atom is 0.322 e. The molecule has 0 aromatic heterocycles. The average molecular weight is 482 g/mol. The van der Waals surface area contributed by atoms with Crippen molar-refractivity contribution in [3.05, 3.63) is 29.8 Å². The number of unbranched alkanes of at least 4 members (excludes halogenated alkanes) is 1. The molecule has 7 nitrogen and oxygen atoms in total. The third kappa shape index (κ3) is 10.9. The average Bonchev–Trinajstić information content (AvgIpc) is 2.83. The summed E-state index contributed by atoms with van der Waals surface area (Å²) in [6.07, 6.45) is -5.85. The molecule has 0 bridgehead atoms. The van der Waals surface area contributed by atoms with Gasteiger partial charge in [0.05, 0.1) is 18.9 Å². The van der Waals surface area contributed by atoms with Crippen LogP contribution >= 0.6 is 12.4 Å². The molecule has 0 fully saturated rings. The van der Waals surface area contributed by atoms with Crippen molar-refractivity contribution in [3.63, 3.8) is 0 Å². The first-order valence-corrected chi connectivity index (χ1v) is 11.0. The van der Waals surface area contributed by atoms with Crippen LogP contribution < -0.4 is 9.46 Å². The van der Waals surface area contributed by atoms with Crippen molar-refractivity contribution in [2.75, 3.05) is 31.9 Å². The van der Waals surface area contributed by atoms with Crippen LogP contribution in [-0.2, 0) is 21.2 Å². The van der Waals surface area contributed by atoms with Crippen LogP contribution in [0.3, 0.4) is 0 Å². The van der Waals surface area contributed by atoms with Crippen LogP contribution in [-0.4, -0.2) is 62.4 Å². The number of halogens is 1. The Morgan fingerprint density at radius 2 is 2.13 bits per heavy atom. The molecule has 0 radical (unpaired) electrons. The van der Waals surface area contributed by atoms with Gasteiger partial charge in [0.1, 0.15) is 11.8 Å². The quantitative estimate of drug-likeness (QED) is 0.313. The number of ether oxygens (including phenoxy) is 1. The topological polar surface area (TPSA) is 95.9 Å². The molecule has 0 spiro atoms. The molecule has 1 aromatic rings. The highest BCUT2D eigenvalue weighted by atomic mass is 35.5. The zero-order valence-electron chi connectivity index (χ0n) is 25.9. The zero-order chi connectivity index (χ0) is 29.7. The van der Waals surface area contributed by atoms with Crippen LogP contribution in [0.15, 0.2) is 24.3 Å². The van der Waals surface area contributed by atoms with Gasteiger partial charge in [0, 0.05) is 25.3 Å². The number of hydrogen-bond acceptors (Lipinski definition) is 5. The maximum absolute atomic E-state index is 12.7. The third-order valence-corrected chi connectivity index (χ3v) is 5.29. The summed E-state index contributed by atoms with van der Waals surface area (Å²) in [4.78, 5) is 14.0. The number of carboxylic acids is 1. The Hall–Kier alpha value is -1.79.